The van der Waals surface area contributed by atoms with Crippen molar-refractivity contribution in [2.24, 2.45) is 23.7 Å². The second-order valence-corrected chi connectivity index (χ2v) is 18.3. The number of methoxy groups -OCH3 is 1. The topological polar surface area (TPSA) is 161 Å². The van der Waals surface area contributed by atoms with E-state index < -0.39 is 65.7 Å². The van der Waals surface area contributed by atoms with E-state index in [9.17, 15) is 19.5 Å². The Balaban J connectivity index is 1.52. The number of para-hydroxylation sites is 1. The molecule has 1 aromatic heterocycles. The fourth-order valence-electron chi connectivity index (χ4n) is 10.3. The summed E-state index contributed by atoms with van der Waals surface area (Å²) in [7, 11) is 5.43. The van der Waals surface area contributed by atoms with E-state index in [-0.39, 0.29) is 35.8 Å². The first kappa shape index (κ1) is 47.8. The fraction of sp³-hybridized carbons (Fsp3) is 0.739. The minimum absolute atomic E-state index is 0.111. The molecule has 0 radical (unpaired) electrons. The molecule has 5 rings (SSSR count). The highest BCUT2D eigenvalue weighted by Crippen LogP contribution is 2.43. The highest BCUT2D eigenvalue weighted by molar-refractivity contribution is 6.00. The van der Waals surface area contributed by atoms with E-state index in [2.05, 4.69) is 42.6 Å². The average molecular weight is 840 g/mol. The van der Waals surface area contributed by atoms with Gasteiger partial charge in [-0.2, -0.15) is 0 Å². The van der Waals surface area contributed by atoms with Crippen LogP contribution < -0.4 is 10.7 Å². The van der Waals surface area contributed by atoms with Gasteiger partial charge in [0.25, 0.3) is 0 Å². The minimum Gasteiger partial charge on any atom is -0.458 e. The van der Waals surface area contributed by atoms with Crippen LogP contribution in [0.15, 0.2) is 36.5 Å². The van der Waals surface area contributed by atoms with Crippen LogP contribution in [-0.4, -0.2) is 132 Å². The fourth-order valence-corrected chi connectivity index (χ4v) is 10.3. The van der Waals surface area contributed by atoms with Crippen molar-refractivity contribution in [1.82, 2.24) is 25.6 Å². The van der Waals surface area contributed by atoms with Crippen molar-refractivity contribution in [2.75, 3.05) is 34.3 Å². The summed E-state index contributed by atoms with van der Waals surface area (Å²) < 4.78 is 32.0. The number of nitrogens with zero attached hydrogens (tertiary/aromatic N) is 3. The maximum Gasteiger partial charge on any atom is 0.425 e. The predicted octanol–water partition coefficient (Wildman–Crippen LogP) is 5.68. The van der Waals surface area contributed by atoms with Gasteiger partial charge in [0.15, 0.2) is 17.7 Å². The number of hydrogen-bond donors (Lipinski definition) is 3. The number of amides is 1. The van der Waals surface area contributed by atoms with Crippen LogP contribution in [0, 0.1) is 23.7 Å². The number of rotatable bonds is 13. The number of nitrogens with one attached hydrogen (secondary N) is 2. The Kier molecular flexibility index (Phi) is 16.2. The maximum atomic E-state index is 14.5. The van der Waals surface area contributed by atoms with Crippen LogP contribution in [0.3, 0.4) is 0 Å². The Hall–Kier alpha value is -3.24. The van der Waals surface area contributed by atoms with Gasteiger partial charge in [0.2, 0.25) is 0 Å². The molecular weight excluding hydrogens is 767 g/mol. The average Bonchev–Trinajstić information content (AvgIpc) is 3.48. The zero-order valence-electron chi connectivity index (χ0n) is 38.1. The van der Waals surface area contributed by atoms with Crippen LogP contribution >= 0.6 is 0 Å². The van der Waals surface area contributed by atoms with Gasteiger partial charge in [0, 0.05) is 43.2 Å². The molecule has 3 fully saturated rings. The van der Waals surface area contributed by atoms with Gasteiger partial charge < -0.3 is 39.0 Å². The number of aliphatic hydroxyl groups excluding tert-OH is 1. The smallest absolute Gasteiger partial charge is 0.425 e. The molecule has 1 aromatic carbocycles. The second kappa shape index (κ2) is 20.3. The van der Waals surface area contributed by atoms with Gasteiger partial charge >= 0.3 is 12.1 Å². The number of hydrazine groups is 1. The zero-order chi connectivity index (χ0) is 44.1. The third-order valence-electron chi connectivity index (χ3n) is 13.6. The Bertz CT molecular complexity index is 1760. The van der Waals surface area contributed by atoms with Gasteiger partial charge in [-0.15, -0.1) is 0 Å². The molecule has 4 heterocycles. The number of likely N-dealkylation sites (N-methyl/N-ethyl adjacent to an activating group) is 1. The Morgan fingerprint density at radius 2 is 1.75 bits per heavy atom. The van der Waals surface area contributed by atoms with Gasteiger partial charge in [0.05, 0.1) is 29.4 Å². The molecule has 60 heavy (non-hydrogen) atoms. The van der Waals surface area contributed by atoms with Gasteiger partial charge in [0.1, 0.15) is 18.1 Å². The van der Waals surface area contributed by atoms with Crippen LogP contribution in [0.2, 0.25) is 0 Å². The van der Waals surface area contributed by atoms with Crippen LogP contribution in [0.4, 0.5) is 4.79 Å². The molecule has 336 valence electrons. The molecule has 3 N–H and O–H groups in total. The lowest BCUT2D eigenvalue weighted by atomic mass is 9.71. The summed E-state index contributed by atoms with van der Waals surface area (Å²) in [5.41, 5.74) is 3.19. The number of benzene rings is 1. The number of fused-ring (bicyclic) bond motifs is 2. The van der Waals surface area contributed by atoms with E-state index in [4.69, 9.17) is 23.7 Å². The van der Waals surface area contributed by atoms with E-state index in [0.717, 1.165) is 30.2 Å². The summed E-state index contributed by atoms with van der Waals surface area (Å²) in [6, 6.07) is 9.07. The van der Waals surface area contributed by atoms with E-state index in [1.54, 1.807) is 26.0 Å². The van der Waals surface area contributed by atoms with Crippen LogP contribution in [0.1, 0.15) is 100.0 Å². The summed E-state index contributed by atoms with van der Waals surface area (Å²) in [6.07, 6.45) is 0.961. The number of aliphatic hydroxyl groups is 1. The van der Waals surface area contributed by atoms with Crippen LogP contribution in [-0.2, 0) is 39.7 Å². The molecule has 3 aliphatic heterocycles. The molecule has 14 atom stereocenters. The molecule has 2 aromatic rings. The van der Waals surface area contributed by atoms with Crippen molar-refractivity contribution < 1.29 is 43.2 Å². The zero-order valence-corrected chi connectivity index (χ0v) is 38.1. The van der Waals surface area contributed by atoms with Gasteiger partial charge in [-0.05, 0) is 116 Å². The molecule has 1 amide bonds. The second-order valence-electron chi connectivity index (χ2n) is 18.3. The number of Topliss-reactive ketones (excluding diaryl/α,β-unsaturated/α-hetero) is 1. The molecule has 0 spiro atoms. The van der Waals surface area contributed by atoms with Crippen molar-refractivity contribution >= 4 is 28.7 Å². The Morgan fingerprint density at radius 1 is 1.03 bits per heavy atom. The number of aryl methyl sites for hydroxylation is 1. The molecule has 14 heteroatoms. The molecule has 1 unspecified atom stereocenters. The largest absolute Gasteiger partial charge is 0.458 e. The first-order chi connectivity index (χ1) is 28.4. The van der Waals surface area contributed by atoms with Crippen molar-refractivity contribution in [3.8, 4) is 0 Å². The van der Waals surface area contributed by atoms with E-state index >= 15 is 0 Å². The third kappa shape index (κ3) is 10.0. The maximum absolute atomic E-state index is 14.5. The van der Waals surface area contributed by atoms with Gasteiger partial charge in [-0.3, -0.25) is 14.6 Å². The number of hydrogen-bond acceptors (Lipinski definition) is 13. The molecule has 3 aliphatic rings. The Labute approximate surface area is 357 Å². The summed E-state index contributed by atoms with van der Waals surface area (Å²) in [5.74, 6) is -3.51. The van der Waals surface area contributed by atoms with Crippen molar-refractivity contribution in [3.63, 3.8) is 0 Å². The first-order valence-corrected chi connectivity index (χ1v) is 22.2. The molecule has 3 saturated heterocycles. The van der Waals surface area contributed by atoms with Crippen molar-refractivity contribution in [2.45, 2.75) is 161 Å². The van der Waals surface area contributed by atoms with E-state index in [1.807, 2.05) is 77.2 Å². The number of ketones is 1. The quantitative estimate of drug-likeness (QED) is 0.129. The monoisotopic (exact) mass is 840 g/mol. The Morgan fingerprint density at radius 3 is 2.42 bits per heavy atom. The lowest BCUT2D eigenvalue weighted by Gasteiger charge is -2.48. The molecule has 14 nitrogen and oxygen atoms in total. The normalized spacial score (nSPS) is 37.2. The highest BCUT2D eigenvalue weighted by Gasteiger charge is 2.60. The minimum atomic E-state index is -1.27. The highest BCUT2D eigenvalue weighted by atomic mass is 16.7. The number of esters is 1. The standard InChI is InChI=1S/C46H73N5O9/c1-13-22-48-37-27(3)26-45(8,56-12)41(59-43-39(53)35(50(10)11)25-28(4)57-43)30(6)38(52)31(7)42(54)58-36(14-2)46(9)40(29(37)5)51(44(55)60-46)49-23-17-18-32-21-24-47-34-20-16-15-19-33(32)34/h15-16,19-21,24,27-31,35-37,39-41,43,48-49,53H,13-14,17-18,22-23,25-26H2,1-12H3/t27-,28-,29-,30+,31-,35+,36+,37?,39-,40-,41-,43+,45+,46-/m1/s1. The lowest BCUT2D eigenvalue weighted by molar-refractivity contribution is -0.295. The third-order valence-corrected chi connectivity index (χ3v) is 13.6. The summed E-state index contributed by atoms with van der Waals surface area (Å²) in [6.45, 7) is 18.5. The van der Waals surface area contributed by atoms with E-state index in [1.165, 1.54) is 5.56 Å². The number of cyclic esters (lactones) is 1. The lowest BCUT2D eigenvalue weighted by Crippen LogP contribution is -2.63. The first-order valence-electron chi connectivity index (χ1n) is 22.2. The SMILES string of the molecule is CCCNC1[C@H](C)C[C@](C)(OC)[C@H](O[C@@H]2O[C@H](C)C[C@H](N(C)C)[C@H]2O)[C@@H](C)C(=O)[C@@H](C)C(=O)O[C@@H](CC)[C@@]2(C)OC(=O)N(NCCCc3ccnc4ccccc34)[C@@H]2[C@@H]1C. The van der Waals surface area contributed by atoms with Gasteiger partial charge in [-0.1, -0.05) is 52.8 Å². The molecule has 0 aliphatic carbocycles. The van der Waals surface area contributed by atoms with Crippen molar-refractivity contribution in [1.29, 1.82) is 0 Å². The number of ether oxygens (including phenoxy) is 5. The summed E-state index contributed by atoms with van der Waals surface area (Å²) in [5, 5.41) is 18.1. The number of aromatic nitrogens is 1. The molecular formula is C46H73N5O9. The van der Waals surface area contributed by atoms with Gasteiger partial charge in [-0.25, -0.2) is 15.2 Å². The van der Waals surface area contributed by atoms with Crippen LogP contribution in [0.25, 0.3) is 10.9 Å². The number of carbonyl (C=O) groups excluding carboxylic acids is 3. The number of carbonyl (C=O) groups is 3. The van der Waals surface area contributed by atoms with Crippen molar-refractivity contribution in [3.05, 3.63) is 42.1 Å². The van der Waals surface area contributed by atoms with E-state index in [0.29, 0.717) is 32.4 Å². The number of pyridine rings is 1. The summed E-state index contributed by atoms with van der Waals surface area (Å²) >= 11 is 0. The van der Waals surface area contributed by atoms with Crippen LogP contribution in [0.5, 0.6) is 0 Å². The predicted molar refractivity (Wildman–Crippen MR) is 230 cm³/mol. The molecule has 0 saturated carbocycles. The molecule has 0 bridgehead atoms. The summed E-state index contributed by atoms with van der Waals surface area (Å²) in [4.78, 5) is 49.2.